The molecule has 0 bridgehead atoms. The van der Waals surface area contributed by atoms with Crippen LogP contribution in [0.3, 0.4) is 0 Å². The monoisotopic (exact) mass is 289 g/mol. The van der Waals surface area contributed by atoms with Gasteiger partial charge in [0.1, 0.15) is 5.75 Å². The molecule has 0 aliphatic rings. The lowest BCUT2D eigenvalue weighted by atomic mass is 9.96. The van der Waals surface area contributed by atoms with Crippen molar-refractivity contribution in [3.8, 4) is 5.75 Å². The maximum Gasteiger partial charge on any atom is 0.134 e. The number of hydrogen-bond donors (Lipinski definition) is 1. The predicted molar refractivity (Wildman–Crippen MR) is 87.0 cm³/mol. The topological polar surface area (TPSA) is 21.3 Å². The van der Waals surface area contributed by atoms with Gasteiger partial charge < -0.3 is 10.1 Å². The van der Waals surface area contributed by atoms with Gasteiger partial charge in [-0.25, -0.2) is 0 Å². The Morgan fingerprint density at radius 2 is 1.90 bits per heavy atom. The summed E-state index contributed by atoms with van der Waals surface area (Å²) in [5.41, 5.74) is 4.20. The van der Waals surface area contributed by atoms with Crippen LogP contribution < -0.4 is 10.1 Å². The molecule has 2 nitrogen and oxygen atoms in total. The minimum Gasteiger partial charge on any atom is -0.496 e. The molecule has 1 atom stereocenters. The van der Waals surface area contributed by atoms with Crippen LogP contribution in [0.5, 0.6) is 5.75 Å². The summed E-state index contributed by atoms with van der Waals surface area (Å²) in [6, 6.07) is 9.06. The molecule has 2 rings (SSSR count). The summed E-state index contributed by atoms with van der Waals surface area (Å²) < 4.78 is 5.46. The summed E-state index contributed by atoms with van der Waals surface area (Å²) >= 11 is 1.74. The van der Waals surface area contributed by atoms with Crippen molar-refractivity contribution in [3.63, 3.8) is 0 Å². The van der Waals surface area contributed by atoms with Crippen LogP contribution in [0.25, 0.3) is 0 Å². The molecule has 0 saturated heterocycles. The Hall–Kier alpha value is -1.32. The molecule has 20 heavy (non-hydrogen) atoms. The van der Waals surface area contributed by atoms with Crippen molar-refractivity contribution in [1.82, 2.24) is 5.32 Å². The minimum absolute atomic E-state index is 0.196. The molecule has 0 radical (unpaired) electrons. The van der Waals surface area contributed by atoms with Crippen molar-refractivity contribution in [2.75, 3.05) is 14.2 Å². The molecule has 1 aromatic heterocycles. The molecule has 1 aromatic carbocycles. The number of nitrogens with one attached hydrogen (secondary N) is 1. The molecule has 108 valence electrons. The first-order valence-corrected chi connectivity index (χ1v) is 8.03. The maximum atomic E-state index is 5.46. The lowest BCUT2D eigenvalue weighted by Crippen LogP contribution is -2.17. The molecule has 1 N–H and O–H groups in total. The fraction of sp³-hybridized carbons (Fsp3) is 0.412. The average molecular weight is 289 g/mol. The summed E-state index contributed by atoms with van der Waals surface area (Å²) in [7, 11) is 3.74. The molecule has 0 amide bonds. The van der Waals surface area contributed by atoms with Gasteiger partial charge in [-0.15, -0.1) is 11.3 Å². The van der Waals surface area contributed by atoms with Gasteiger partial charge >= 0.3 is 0 Å². The van der Waals surface area contributed by atoms with Gasteiger partial charge in [0, 0.05) is 0 Å². The quantitative estimate of drug-likeness (QED) is 0.861. The van der Waals surface area contributed by atoms with Crippen molar-refractivity contribution in [3.05, 3.63) is 51.2 Å². The van der Waals surface area contributed by atoms with Gasteiger partial charge in [0.15, 0.2) is 0 Å². The Bertz CT molecular complexity index is 562. The van der Waals surface area contributed by atoms with E-state index in [0.717, 1.165) is 18.6 Å². The molecule has 0 saturated carbocycles. The zero-order valence-electron chi connectivity index (χ0n) is 12.7. The number of rotatable bonds is 6. The largest absolute Gasteiger partial charge is 0.496 e. The maximum absolute atomic E-state index is 5.46. The van der Waals surface area contributed by atoms with Gasteiger partial charge in [0.2, 0.25) is 0 Å². The summed E-state index contributed by atoms with van der Waals surface area (Å²) in [6.45, 7) is 4.43. The second-order valence-corrected chi connectivity index (χ2v) is 5.76. The molecule has 0 aliphatic heterocycles. The lowest BCUT2D eigenvalue weighted by Gasteiger charge is -2.19. The first kappa shape index (κ1) is 15.1. The highest BCUT2D eigenvalue weighted by atomic mass is 32.1. The zero-order valence-corrected chi connectivity index (χ0v) is 13.5. The fourth-order valence-corrected chi connectivity index (χ4v) is 3.63. The fourth-order valence-electron chi connectivity index (χ4n) is 2.64. The van der Waals surface area contributed by atoms with E-state index in [0.29, 0.717) is 0 Å². The molecular formula is C17H23NOS. The Labute approximate surface area is 125 Å². The third kappa shape index (κ3) is 2.89. The second-order valence-electron chi connectivity index (χ2n) is 4.81. The smallest absolute Gasteiger partial charge is 0.134 e. The normalized spacial score (nSPS) is 12.4. The van der Waals surface area contributed by atoms with Crippen LogP contribution in [0, 0.1) is 0 Å². The summed E-state index contributed by atoms with van der Waals surface area (Å²) in [5.74, 6) is 0.965. The van der Waals surface area contributed by atoms with Crippen molar-refractivity contribution in [2.24, 2.45) is 0 Å². The molecule has 1 heterocycles. The van der Waals surface area contributed by atoms with Crippen molar-refractivity contribution < 1.29 is 4.74 Å². The van der Waals surface area contributed by atoms with Crippen LogP contribution in [-0.2, 0) is 12.8 Å². The molecule has 3 heteroatoms. The summed E-state index contributed by atoms with van der Waals surface area (Å²) in [6.07, 6.45) is 2.17. The standard InChI is InChI=1S/C17H23NOS/c1-5-12-7-8-14(11-13(12)6-2)16(18-3)17-15(19-4)9-10-20-17/h7-11,16,18H,5-6H2,1-4H3. The predicted octanol–water partition coefficient (Wildman–Crippen LogP) is 4.19. The third-order valence-electron chi connectivity index (χ3n) is 3.75. The van der Waals surface area contributed by atoms with Gasteiger partial charge in [0.25, 0.3) is 0 Å². The van der Waals surface area contributed by atoms with Crippen LogP contribution in [0.15, 0.2) is 29.6 Å². The van der Waals surface area contributed by atoms with Crippen molar-refractivity contribution in [1.29, 1.82) is 0 Å². The van der Waals surface area contributed by atoms with Crippen LogP contribution in [0.4, 0.5) is 0 Å². The van der Waals surface area contributed by atoms with E-state index in [1.165, 1.54) is 21.6 Å². The zero-order chi connectivity index (χ0) is 14.5. The molecular weight excluding hydrogens is 266 g/mol. The van der Waals surface area contributed by atoms with Gasteiger partial charge in [-0.1, -0.05) is 32.0 Å². The van der Waals surface area contributed by atoms with Crippen LogP contribution in [-0.4, -0.2) is 14.2 Å². The van der Waals surface area contributed by atoms with E-state index in [4.69, 9.17) is 4.74 Å². The second kappa shape index (κ2) is 6.91. The molecule has 0 spiro atoms. The number of methoxy groups -OCH3 is 1. The van der Waals surface area contributed by atoms with Crippen LogP contribution in [0.1, 0.15) is 41.5 Å². The molecule has 2 aromatic rings. The van der Waals surface area contributed by atoms with E-state index in [-0.39, 0.29) is 6.04 Å². The van der Waals surface area contributed by atoms with Crippen LogP contribution in [0.2, 0.25) is 0 Å². The Morgan fingerprint density at radius 1 is 1.15 bits per heavy atom. The van der Waals surface area contributed by atoms with E-state index in [1.807, 2.05) is 13.1 Å². The highest BCUT2D eigenvalue weighted by molar-refractivity contribution is 7.10. The number of benzene rings is 1. The van der Waals surface area contributed by atoms with Gasteiger partial charge in [-0.2, -0.15) is 0 Å². The number of thiophene rings is 1. The SMILES string of the molecule is CCc1ccc(C(NC)c2sccc2OC)cc1CC. The highest BCUT2D eigenvalue weighted by Crippen LogP contribution is 2.35. The number of aryl methyl sites for hydroxylation is 2. The molecule has 0 fully saturated rings. The Morgan fingerprint density at radius 3 is 2.50 bits per heavy atom. The van der Waals surface area contributed by atoms with Crippen LogP contribution >= 0.6 is 11.3 Å². The molecule has 0 aliphatic carbocycles. The first-order chi connectivity index (χ1) is 9.74. The summed E-state index contributed by atoms with van der Waals surface area (Å²) in [5, 5.41) is 5.50. The van der Waals surface area contributed by atoms with Gasteiger partial charge in [-0.3, -0.25) is 0 Å². The average Bonchev–Trinajstić information content (AvgIpc) is 2.96. The minimum atomic E-state index is 0.196. The van der Waals surface area contributed by atoms with Gasteiger partial charge in [0.05, 0.1) is 18.0 Å². The van der Waals surface area contributed by atoms with E-state index in [1.54, 1.807) is 18.4 Å². The van der Waals surface area contributed by atoms with E-state index in [9.17, 15) is 0 Å². The molecule has 1 unspecified atom stereocenters. The number of hydrogen-bond acceptors (Lipinski definition) is 3. The number of ether oxygens (including phenoxy) is 1. The van der Waals surface area contributed by atoms with E-state index in [2.05, 4.69) is 42.7 Å². The van der Waals surface area contributed by atoms with E-state index < -0.39 is 0 Å². The van der Waals surface area contributed by atoms with Crippen molar-refractivity contribution in [2.45, 2.75) is 32.7 Å². The third-order valence-corrected chi connectivity index (χ3v) is 4.72. The highest BCUT2D eigenvalue weighted by Gasteiger charge is 2.18. The first-order valence-electron chi connectivity index (χ1n) is 7.15. The van der Waals surface area contributed by atoms with Gasteiger partial charge in [-0.05, 0) is 48.0 Å². The van der Waals surface area contributed by atoms with Crippen molar-refractivity contribution >= 4 is 11.3 Å². The summed E-state index contributed by atoms with van der Waals surface area (Å²) in [4.78, 5) is 1.24. The Kier molecular flexibility index (Phi) is 5.21. The Balaban J connectivity index is 2.42. The van der Waals surface area contributed by atoms with E-state index >= 15 is 0 Å². The lowest BCUT2D eigenvalue weighted by molar-refractivity contribution is 0.408.